The Morgan fingerprint density at radius 1 is 0.591 bits per heavy atom. The molecule has 0 spiro atoms. The molecule has 0 N–H and O–H groups in total. The molecule has 3 aromatic carbocycles. The molecule has 212 valence electrons. The van der Waals surface area contributed by atoms with Crippen LogP contribution in [0.4, 0.5) is 0 Å². The number of rotatable bonds is 4. The average molecular weight is 748 g/mol. The molecule has 9 heteroatoms. The van der Waals surface area contributed by atoms with E-state index in [1.54, 1.807) is 30.7 Å². The summed E-state index contributed by atoms with van der Waals surface area (Å²) in [5, 5.41) is 23.1. The molecule has 0 fully saturated rings. The zero-order chi connectivity index (χ0) is 29.5. The van der Waals surface area contributed by atoms with E-state index in [0.29, 0.717) is 17.1 Å². The number of benzene rings is 3. The molecule has 0 atom stereocenters. The smallest absolute Gasteiger partial charge is 0.329 e. The minimum absolute atomic E-state index is 0. The fourth-order valence-corrected chi connectivity index (χ4v) is 3.83. The number of pyridine rings is 3. The molecule has 0 aliphatic rings. The Morgan fingerprint density at radius 3 is 1.61 bits per heavy atom. The first-order valence-electron chi connectivity index (χ1n) is 13.2. The second-order valence-electron chi connectivity index (χ2n) is 8.81. The molecular formula is C35H23IrN8. The quantitative estimate of drug-likeness (QED) is 0.187. The monoisotopic (exact) mass is 748 g/mol. The third kappa shape index (κ3) is 8.91. The minimum atomic E-state index is 0. The number of nitriles is 1. The summed E-state index contributed by atoms with van der Waals surface area (Å²) < 4.78 is 0. The van der Waals surface area contributed by atoms with E-state index in [1.165, 1.54) is 0 Å². The summed E-state index contributed by atoms with van der Waals surface area (Å²) in [5.74, 6) is 0.409. The maximum Gasteiger partial charge on any atom is 3.00 e. The molecule has 4 aromatic heterocycles. The molecular weight excluding hydrogens is 725 g/mol. The van der Waals surface area contributed by atoms with Gasteiger partial charge in [0.25, 0.3) is 0 Å². The van der Waals surface area contributed by atoms with E-state index < -0.39 is 0 Å². The Bertz CT molecular complexity index is 1680. The van der Waals surface area contributed by atoms with Crippen LogP contribution in [0.5, 0.6) is 0 Å². The van der Waals surface area contributed by atoms with Gasteiger partial charge in [0.15, 0.2) is 0 Å². The molecule has 0 aliphatic heterocycles. The summed E-state index contributed by atoms with van der Waals surface area (Å²) in [6.45, 7) is 0. The van der Waals surface area contributed by atoms with Gasteiger partial charge in [-0.3, -0.25) is 15.3 Å². The number of hydrogen-bond acceptors (Lipinski definition) is 7. The largest absolute Gasteiger partial charge is 3.00 e. The van der Waals surface area contributed by atoms with E-state index in [4.69, 9.17) is 5.26 Å². The van der Waals surface area contributed by atoms with Crippen molar-refractivity contribution in [1.29, 1.82) is 5.26 Å². The van der Waals surface area contributed by atoms with Crippen LogP contribution in [0, 0.1) is 23.5 Å². The van der Waals surface area contributed by atoms with Gasteiger partial charge in [-0.2, -0.15) is 10.5 Å². The number of nitrogens with zero attached hydrogens (tertiary/aromatic N) is 8. The van der Waals surface area contributed by atoms with Gasteiger partial charge in [0.05, 0.1) is 23.2 Å². The van der Waals surface area contributed by atoms with E-state index in [2.05, 4.69) is 53.8 Å². The van der Waals surface area contributed by atoms with Crippen molar-refractivity contribution < 1.29 is 20.1 Å². The number of hydrogen-bond donors (Lipinski definition) is 0. The SMILES string of the molecule is N#Cc1ccc(-c2ccc(-c3nnn[n-]3)nc2)cc1.[Ir+3].[c-]1ccccc1-c1ccccn1.[c-]1ccccc1-c1ccccn1. The molecule has 0 saturated heterocycles. The fraction of sp³-hybridized carbons (Fsp3) is 0. The molecule has 8 nitrogen and oxygen atoms in total. The summed E-state index contributed by atoms with van der Waals surface area (Å²) in [5.41, 5.74) is 7.24. The second kappa shape index (κ2) is 16.7. The Hall–Kier alpha value is -5.68. The van der Waals surface area contributed by atoms with Gasteiger partial charge in [-0.15, -0.1) is 71.8 Å². The molecule has 0 amide bonds. The third-order valence-electron chi connectivity index (χ3n) is 5.96. The molecule has 0 bridgehead atoms. The van der Waals surface area contributed by atoms with Crippen LogP contribution in [0.1, 0.15) is 5.56 Å². The first-order chi connectivity index (χ1) is 21.3. The van der Waals surface area contributed by atoms with Gasteiger partial charge in [-0.25, -0.2) is 0 Å². The van der Waals surface area contributed by atoms with Crippen LogP contribution in [0.25, 0.3) is 45.2 Å². The van der Waals surface area contributed by atoms with Gasteiger partial charge in [0.1, 0.15) is 0 Å². The molecule has 0 radical (unpaired) electrons. The molecule has 44 heavy (non-hydrogen) atoms. The summed E-state index contributed by atoms with van der Waals surface area (Å²) in [6, 6.07) is 46.8. The Labute approximate surface area is 268 Å². The molecule has 0 saturated carbocycles. The van der Waals surface area contributed by atoms with Crippen molar-refractivity contribution >= 4 is 0 Å². The standard InChI is InChI=1S/C13H7N6.2C11H8N.Ir/c14-7-9-1-3-10(4-2-9)11-5-6-12(15-8-11)13-16-18-19-17-13;2*1-2-6-10(7-3-1)11-8-4-5-9-12-11;/h1-6,8H;2*1-6,8-9H;/q3*-1;+3. The van der Waals surface area contributed by atoms with E-state index >= 15 is 0 Å². The van der Waals surface area contributed by atoms with Crippen molar-refractivity contribution in [2.45, 2.75) is 0 Å². The van der Waals surface area contributed by atoms with Crippen molar-refractivity contribution in [1.82, 2.24) is 35.6 Å². The summed E-state index contributed by atoms with van der Waals surface area (Å²) in [7, 11) is 0. The first-order valence-corrected chi connectivity index (χ1v) is 13.2. The van der Waals surface area contributed by atoms with E-state index in [0.717, 1.165) is 33.6 Å². The van der Waals surface area contributed by atoms with Gasteiger partial charge < -0.3 is 15.1 Å². The molecule has 4 heterocycles. The predicted molar refractivity (Wildman–Crippen MR) is 164 cm³/mol. The van der Waals surface area contributed by atoms with E-state index in [-0.39, 0.29) is 20.1 Å². The van der Waals surface area contributed by atoms with Gasteiger partial charge in [-0.05, 0) is 47.3 Å². The average Bonchev–Trinajstić information content (AvgIpc) is 3.66. The zero-order valence-electron chi connectivity index (χ0n) is 23.2. The van der Waals surface area contributed by atoms with Crippen molar-refractivity contribution in [2.75, 3.05) is 0 Å². The Balaban J connectivity index is 0.000000155. The topological polar surface area (TPSA) is 115 Å². The van der Waals surface area contributed by atoms with Crippen molar-refractivity contribution in [2.24, 2.45) is 0 Å². The zero-order valence-corrected chi connectivity index (χ0v) is 25.6. The van der Waals surface area contributed by atoms with Crippen molar-refractivity contribution in [3.8, 4) is 51.2 Å². The summed E-state index contributed by atoms with van der Waals surface area (Å²) in [4.78, 5) is 12.7. The van der Waals surface area contributed by atoms with Gasteiger partial charge in [0, 0.05) is 24.2 Å². The van der Waals surface area contributed by atoms with Crippen LogP contribution in [-0.2, 0) is 20.1 Å². The van der Waals surface area contributed by atoms with Crippen molar-refractivity contribution in [3.05, 3.63) is 158 Å². The van der Waals surface area contributed by atoms with Crippen LogP contribution in [-0.4, -0.2) is 30.5 Å². The summed E-state index contributed by atoms with van der Waals surface area (Å²) in [6.07, 6.45) is 5.30. The molecule has 0 unspecified atom stereocenters. The molecule has 7 rings (SSSR count). The predicted octanol–water partition coefficient (Wildman–Crippen LogP) is 6.52. The van der Waals surface area contributed by atoms with Gasteiger partial charge >= 0.3 is 20.1 Å². The summed E-state index contributed by atoms with van der Waals surface area (Å²) >= 11 is 0. The molecule has 7 aromatic rings. The minimum Gasteiger partial charge on any atom is -0.329 e. The Kier molecular flexibility index (Phi) is 11.9. The number of aromatic nitrogens is 7. The van der Waals surface area contributed by atoms with Gasteiger partial charge in [0.2, 0.25) is 0 Å². The normalized spacial score (nSPS) is 9.61. The van der Waals surface area contributed by atoms with Crippen LogP contribution < -0.4 is 5.10 Å². The van der Waals surface area contributed by atoms with Crippen LogP contribution in [0.15, 0.2) is 140 Å². The maximum absolute atomic E-state index is 8.75. The van der Waals surface area contributed by atoms with Crippen LogP contribution in [0.3, 0.4) is 0 Å². The fourth-order valence-electron chi connectivity index (χ4n) is 3.83. The van der Waals surface area contributed by atoms with E-state index in [1.807, 2.05) is 109 Å². The van der Waals surface area contributed by atoms with Crippen LogP contribution in [0.2, 0.25) is 0 Å². The van der Waals surface area contributed by atoms with Crippen molar-refractivity contribution in [3.63, 3.8) is 0 Å². The number of tetrazole rings is 1. The third-order valence-corrected chi connectivity index (χ3v) is 5.96. The van der Waals surface area contributed by atoms with Crippen LogP contribution >= 0.6 is 0 Å². The maximum atomic E-state index is 8.75. The molecule has 0 aliphatic carbocycles. The Morgan fingerprint density at radius 2 is 1.18 bits per heavy atom. The van der Waals surface area contributed by atoms with E-state index in [9.17, 15) is 0 Å². The van der Waals surface area contributed by atoms with Gasteiger partial charge in [-0.1, -0.05) is 42.5 Å². The first kappa shape index (κ1) is 31.3. The second-order valence-corrected chi connectivity index (χ2v) is 8.81.